The van der Waals surface area contributed by atoms with Crippen molar-refractivity contribution < 1.29 is 9.13 Å². The van der Waals surface area contributed by atoms with Gasteiger partial charge in [0, 0.05) is 18.0 Å². The van der Waals surface area contributed by atoms with Crippen LogP contribution in [0.5, 0.6) is 0 Å². The quantitative estimate of drug-likeness (QED) is 0.857. The summed E-state index contributed by atoms with van der Waals surface area (Å²) in [5, 5.41) is 9.07. The van der Waals surface area contributed by atoms with Crippen LogP contribution >= 0.6 is 11.8 Å². The lowest BCUT2D eigenvalue weighted by molar-refractivity contribution is 0.129. The van der Waals surface area contributed by atoms with Gasteiger partial charge in [0.2, 0.25) is 0 Å². The Balaban J connectivity index is 1.83. The van der Waals surface area contributed by atoms with E-state index in [1.807, 2.05) is 4.57 Å². The number of rotatable bonds is 5. The van der Waals surface area contributed by atoms with Crippen LogP contribution in [0.25, 0.3) is 5.69 Å². The molecule has 1 aromatic heterocycles. The standard InChI is InChI=1S/C14H17FN4OS/c15-10-3-5-11(6-4-10)19-13(8-16)17-18-14(19)21-9-12-2-1-7-20-12/h3-6,12H,1-2,7-9,16H2/t12-/m0/s1. The SMILES string of the molecule is NCc1nnc(SC[C@@H]2CCCO2)n1-c1ccc(F)cc1. The smallest absolute Gasteiger partial charge is 0.195 e. The maximum Gasteiger partial charge on any atom is 0.195 e. The monoisotopic (exact) mass is 308 g/mol. The highest BCUT2D eigenvalue weighted by Crippen LogP contribution is 2.25. The highest BCUT2D eigenvalue weighted by Gasteiger charge is 2.19. The molecule has 0 unspecified atom stereocenters. The van der Waals surface area contributed by atoms with Gasteiger partial charge < -0.3 is 10.5 Å². The lowest BCUT2D eigenvalue weighted by atomic mass is 10.3. The molecule has 0 saturated carbocycles. The molecular formula is C14H17FN4OS. The Bertz CT molecular complexity index is 596. The minimum Gasteiger partial charge on any atom is -0.377 e. The van der Waals surface area contributed by atoms with Crippen LogP contribution in [-0.2, 0) is 11.3 Å². The number of hydrogen-bond acceptors (Lipinski definition) is 5. The molecule has 0 aliphatic carbocycles. The maximum absolute atomic E-state index is 13.1. The fourth-order valence-electron chi connectivity index (χ4n) is 2.32. The number of aromatic nitrogens is 3. The van der Waals surface area contributed by atoms with Crippen LogP contribution in [0.1, 0.15) is 18.7 Å². The average Bonchev–Trinajstić information content (AvgIpc) is 3.15. The molecule has 1 aliphatic rings. The predicted molar refractivity (Wildman–Crippen MR) is 78.9 cm³/mol. The summed E-state index contributed by atoms with van der Waals surface area (Å²) in [5.41, 5.74) is 6.53. The van der Waals surface area contributed by atoms with Gasteiger partial charge in [-0.2, -0.15) is 0 Å². The van der Waals surface area contributed by atoms with Crippen molar-refractivity contribution in [3.05, 3.63) is 35.9 Å². The molecule has 2 aromatic rings. The van der Waals surface area contributed by atoms with E-state index in [-0.39, 0.29) is 18.5 Å². The summed E-state index contributed by atoms with van der Waals surface area (Å²) in [6, 6.07) is 6.25. The maximum atomic E-state index is 13.1. The highest BCUT2D eigenvalue weighted by atomic mass is 32.2. The molecule has 0 spiro atoms. The molecule has 2 heterocycles. The van der Waals surface area contributed by atoms with Gasteiger partial charge in [-0.25, -0.2) is 4.39 Å². The highest BCUT2D eigenvalue weighted by molar-refractivity contribution is 7.99. The number of hydrogen-bond donors (Lipinski definition) is 1. The fourth-order valence-corrected chi connectivity index (χ4v) is 3.36. The fraction of sp³-hybridized carbons (Fsp3) is 0.429. The van der Waals surface area contributed by atoms with Crippen molar-refractivity contribution in [1.29, 1.82) is 0 Å². The van der Waals surface area contributed by atoms with Crippen LogP contribution in [0.15, 0.2) is 29.4 Å². The van der Waals surface area contributed by atoms with Crippen molar-refractivity contribution in [2.45, 2.75) is 30.6 Å². The third kappa shape index (κ3) is 3.25. The van der Waals surface area contributed by atoms with Crippen LogP contribution in [0.2, 0.25) is 0 Å². The van der Waals surface area contributed by atoms with E-state index in [0.29, 0.717) is 5.82 Å². The van der Waals surface area contributed by atoms with Gasteiger partial charge in [-0.1, -0.05) is 11.8 Å². The molecule has 1 fully saturated rings. The van der Waals surface area contributed by atoms with Gasteiger partial charge in [0.25, 0.3) is 0 Å². The van der Waals surface area contributed by atoms with Gasteiger partial charge in [-0.05, 0) is 37.1 Å². The largest absolute Gasteiger partial charge is 0.377 e. The molecule has 5 nitrogen and oxygen atoms in total. The van der Waals surface area contributed by atoms with Crippen LogP contribution in [0, 0.1) is 5.82 Å². The first-order valence-corrected chi connectivity index (χ1v) is 7.91. The summed E-state index contributed by atoms with van der Waals surface area (Å²) in [7, 11) is 0. The van der Waals surface area contributed by atoms with Crippen LogP contribution in [-0.4, -0.2) is 33.2 Å². The van der Waals surface area contributed by atoms with Crippen molar-refractivity contribution in [3.8, 4) is 5.69 Å². The minimum atomic E-state index is -0.269. The molecule has 3 rings (SSSR count). The van der Waals surface area contributed by atoms with E-state index in [1.54, 1.807) is 23.9 Å². The number of halogens is 1. The predicted octanol–water partition coefficient (Wildman–Crippen LogP) is 2.14. The van der Waals surface area contributed by atoms with Crippen LogP contribution in [0.4, 0.5) is 4.39 Å². The molecular weight excluding hydrogens is 291 g/mol. The number of benzene rings is 1. The topological polar surface area (TPSA) is 66.0 Å². The molecule has 0 radical (unpaired) electrons. The van der Waals surface area contributed by atoms with Crippen molar-refractivity contribution in [1.82, 2.24) is 14.8 Å². The molecule has 1 aliphatic heterocycles. The van der Waals surface area contributed by atoms with E-state index in [0.717, 1.165) is 36.0 Å². The molecule has 1 saturated heterocycles. The molecule has 0 bridgehead atoms. The average molecular weight is 308 g/mol. The zero-order valence-electron chi connectivity index (χ0n) is 11.5. The van der Waals surface area contributed by atoms with Gasteiger partial charge in [0.1, 0.15) is 5.82 Å². The Hall–Kier alpha value is -1.44. The molecule has 0 amide bonds. The lowest BCUT2D eigenvalue weighted by Crippen LogP contribution is -2.10. The lowest BCUT2D eigenvalue weighted by Gasteiger charge is -2.11. The van der Waals surface area contributed by atoms with E-state index in [1.165, 1.54) is 12.1 Å². The van der Waals surface area contributed by atoms with Crippen LogP contribution in [0.3, 0.4) is 0 Å². The molecule has 21 heavy (non-hydrogen) atoms. The summed E-state index contributed by atoms with van der Waals surface area (Å²) in [5.74, 6) is 1.23. The Morgan fingerprint density at radius 3 is 2.81 bits per heavy atom. The Morgan fingerprint density at radius 2 is 2.14 bits per heavy atom. The van der Waals surface area contributed by atoms with E-state index >= 15 is 0 Å². The van der Waals surface area contributed by atoms with Gasteiger partial charge >= 0.3 is 0 Å². The zero-order valence-corrected chi connectivity index (χ0v) is 12.4. The van der Waals surface area contributed by atoms with E-state index in [4.69, 9.17) is 10.5 Å². The van der Waals surface area contributed by atoms with Gasteiger partial charge in [-0.3, -0.25) is 4.57 Å². The Morgan fingerprint density at radius 1 is 1.33 bits per heavy atom. The second kappa shape index (κ2) is 6.55. The molecule has 1 aromatic carbocycles. The Labute approximate surface area is 126 Å². The first kappa shape index (κ1) is 14.5. The number of nitrogens with zero attached hydrogens (tertiary/aromatic N) is 3. The van der Waals surface area contributed by atoms with Gasteiger partial charge in [0.05, 0.1) is 12.6 Å². The summed E-state index contributed by atoms with van der Waals surface area (Å²) in [6.45, 7) is 1.12. The second-order valence-electron chi connectivity index (χ2n) is 4.86. The van der Waals surface area contributed by atoms with E-state index < -0.39 is 0 Å². The van der Waals surface area contributed by atoms with Crippen LogP contribution < -0.4 is 5.73 Å². The first-order chi connectivity index (χ1) is 10.3. The Kier molecular flexibility index (Phi) is 4.52. The zero-order chi connectivity index (χ0) is 14.7. The van der Waals surface area contributed by atoms with E-state index in [9.17, 15) is 4.39 Å². The van der Waals surface area contributed by atoms with Gasteiger partial charge in [0.15, 0.2) is 11.0 Å². The summed E-state index contributed by atoms with van der Waals surface area (Å²) < 4.78 is 20.6. The minimum absolute atomic E-state index is 0.269. The van der Waals surface area contributed by atoms with Crippen molar-refractivity contribution in [2.24, 2.45) is 5.73 Å². The molecule has 2 N–H and O–H groups in total. The van der Waals surface area contributed by atoms with Crippen molar-refractivity contribution in [2.75, 3.05) is 12.4 Å². The van der Waals surface area contributed by atoms with E-state index in [2.05, 4.69) is 10.2 Å². The molecule has 1 atom stereocenters. The van der Waals surface area contributed by atoms with Crippen molar-refractivity contribution in [3.63, 3.8) is 0 Å². The third-order valence-electron chi connectivity index (χ3n) is 3.39. The summed E-state index contributed by atoms with van der Waals surface area (Å²) in [4.78, 5) is 0. The van der Waals surface area contributed by atoms with Gasteiger partial charge in [-0.15, -0.1) is 10.2 Å². The normalized spacial score (nSPS) is 18.3. The molecule has 7 heteroatoms. The first-order valence-electron chi connectivity index (χ1n) is 6.92. The molecule has 112 valence electrons. The second-order valence-corrected chi connectivity index (χ2v) is 5.85. The number of nitrogens with two attached hydrogens (primary N) is 1. The number of ether oxygens (including phenoxy) is 1. The summed E-state index contributed by atoms with van der Waals surface area (Å²) >= 11 is 1.59. The number of thioether (sulfide) groups is 1. The van der Waals surface area contributed by atoms with Crippen molar-refractivity contribution >= 4 is 11.8 Å². The summed E-state index contributed by atoms with van der Waals surface area (Å²) in [6.07, 6.45) is 2.47. The third-order valence-corrected chi connectivity index (χ3v) is 4.45.